The third-order valence-electron chi connectivity index (χ3n) is 6.71. The van der Waals surface area contributed by atoms with E-state index in [9.17, 15) is 14.0 Å². The van der Waals surface area contributed by atoms with Crippen molar-refractivity contribution in [3.8, 4) is 0 Å². The van der Waals surface area contributed by atoms with Gasteiger partial charge >= 0.3 is 0 Å². The molecular weight excluding hydrogens is 407 g/mol. The number of halogens is 1. The number of carbonyl (C=O) groups is 2. The smallest absolute Gasteiger partial charge is 0.228 e. The molecule has 0 spiro atoms. The molecule has 1 aliphatic heterocycles. The molecule has 1 aliphatic carbocycles. The lowest BCUT2D eigenvalue weighted by atomic mass is 9.94. The first kappa shape index (κ1) is 22.4. The molecule has 1 aromatic carbocycles. The van der Waals surface area contributed by atoms with Crippen LogP contribution in [0.3, 0.4) is 0 Å². The Morgan fingerprint density at radius 1 is 1.03 bits per heavy atom. The van der Waals surface area contributed by atoms with Crippen molar-refractivity contribution in [1.82, 2.24) is 14.9 Å². The van der Waals surface area contributed by atoms with E-state index in [1.54, 1.807) is 0 Å². The number of nitrogens with zero attached hydrogens (tertiary/aromatic N) is 3. The van der Waals surface area contributed by atoms with Crippen molar-refractivity contribution in [3.63, 3.8) is 0 Å². The molecule has 2 fully saturated rings. The maximum absolute atomic E-state index is 13.1. The molecule has 2 aromatic rings. The zero-order chi connectivity index (χ0) is 22.7. The lowest BCUT2D eigenvalue weighted by Gasteiger charge is -2.34. The largest absolute Gasteiger partial charge is 0.342 e. The molecule has 0 radical (unpaired) electrons. The Morgan fingerprint density at radius 3 is 2.34 bits per heavy atom. The third-order valence-corrected chi connectivity index (χ3v) is 6.71. The Hall–Kier alpha value is -2.83. The normalized spacial score (nSPS) is 19.2. The van der Waals surface area contributed by atoms with Gasteiger partial charge in [-0.3, -0.25) is 9.59 Å². The predicted molar refractivity (Wildman–Crippen MR) is 121 cm³/mol. The van der Waals surface area contributed by atoms with Crippen LogP contribution in [0.25, 0.3) is 0 Å². The Balaban J connectivity index is 1.43. The molecule has 2 amide bonds. The molecule has 32 heavy (non-hydrogen) atoms. The number of aromatic nitrogens is 2. The van der Waals surface area contributed by atoms with Crippen molar-refractivity contribution in [1.29, 1.82) is 0 Å². The highest BCUT2D eigenvalue weighted by Gasteiger charge is 2.32. The number of benzene rings is 1. The van der Waals surface area contributed by atoms with Gasteiger partial charge in [-0.15, -0.1) is 0 Å². The topological polar surface area (TPSA) is 75.2 Å². The van der Waals surface area contributed by atoms with Gasteiger partial charge in [0.15, 0.2) is 0 Å². The second kappa shape index (κ2) is 9.76. The maximum atomic E-state index is 13.1. The highest BCUT2D eigenvalue weighted by molar-refractivity contribution is 5.92. The summed E-state index contributed by atoms with van der Waals surface area (Å²) in [5.74, 6) is 0.866. The van der Waals surface area contributed by atoms with Gasteiger partial charge in [0.2, 0.25) is 11.8 Å². The van der Waals surface area contributed by atoms with Crippen LogP contribution in [0.2, 0.25) is 0 Å². The summed E-state index contributed by atoms with van der Waals surface area (Å²) in [5, 5.41) is 2.79. The summed E-state index contributed by atoms with van der Waals surface area (Å²) in [6.45, 7) is 5.32. The van der Waals surface area contributed by atoms with Crippen LogP contribution in [0.1, 0.15) is 67.2 Å². The minimum Gasteiger partial charge on any atom is -0.342 e. The minimum atomic E-state index is -0.343. The van der Waals surface area contributed by atoms with E-state index in [-0.39, 0.29) is 30.0 Å². The summed E-state index contributed by atoms with van der Waals surface area (Å²) in [4.78, 5) is 36.9. The van der Waals surface area contributed by atoms with Gasteiger partial charge in [-0.05, 0) is 63.8 Å². The van der Waals surface area contributed by atoms with Gasteiger partial charge < -0.3 is 10.2 Å². The number of hydrogen-bond acceptors (Lipinski definition) is 4. The van der Waals surface area contributed by atoms with E-state index in [0.29, 0.717) is 18.1 Å². The van der Waals surface area contributed by atoms with Crippen molar-refractivity contribution in [2.45, 2.75) is 64.7 Å². The van der Waals surface area contributed by atoms with Gasteiger partial charge in [0, 0.05) is 47.6 Å². The molecule has 2 heterocycles. The number of rotatable bonds is 5. The van der Waals surface area contributed by atoms with Crippen molar-refractivity contribution in [2.24, 2.45) is 5.92 Å². The molecule has 1 atom stereocenters. The van der Waals surface area contributed by atoms with Gasteiger partial charge in [0.25, 0.3) is 0 Å². The molecule has 0 unspecified atom stereocenters. The van der Waals surface area contributed by atoms with Crippen molar-refractivity contribution in [2.75, 3.05) is 18.4 Å². The summed E-state index contributed by atoms with van der Waals surface area (Å²) < 4.78 is 13.1. The Bertz CT molecular complexity index is 963. The monoisotopic (exact) mass is 438 g/mol. The van der Waals surface area contributed by atoms with Crippen LogP contribution < -0.4 is 5.32 Å². The number of carbonyl (C=O) groups excluding carboxylic acids is 2. The Morgan fingerprint density at radius 2 is 1.69 bits per heavy atom. The van der Waals surface area contributed by atoms with E-state index >= 15 is 0 Å². The summed E-state index contributed by atoms with van der Waals surface area (Å²) in [6.07, 6.45) is 6.44. The van der Waals surface area contributed by atoms with E-state index < -0.39 is 0 Å². The van der Waals surface area contributed by atoms with Crippen LogP contribution in [0, 0.1) is 25.6 Å². The first-order valence-corrected chi connectivity index (χ1v) is 11.6. The number of piperidine rings is 1. The van der Waals surface area contributed by atoms with E-state index in [4.69, 9.17) is 9.97 Å². The van der Waals surface area contributed by atoms with Crippen LogP contribution in [-0.4, -0.2) is 39.8 Å². The van der Waals surface area contributed by atoms with Gasteiger partial charge in [-0.1, -0.05) is 12.8 Å². The zero-order valence-electron chi connectivity index (χ0n) is 18.9. The first-order chi connectivity index (χ1) is 15.4. The summed E-state index contributed by atoms with van der Waals surface area (Å²) in [6, 6.07) is 5.70. The van der Waals surface area contributed by atoms with Crippen LogP contribution in [0.5, 0.6) is 0 Å². The summed E-state index contributed by atoms with van der Waals surface area (Å²) in [7, 11) is 0. The highest BCUT2D eigenvalue weighted by atomic mass is 19.1. The van der Waals surface area contributed by atoms with Crippen molar-refractivity contribution < 1.29 is 14.0 Å². The minimum absolute atomic E-state index is 0.133. The summed E-state index contributed by atoms with van der Waals surface area (Å²) >= 11 is 0. The maximum Gasteiger partial charge on any atom is 0.228 e. The average molecular weight is 439 g/mol. The molecule has 0 bridgehead atoms. The van der Waals surface area contributed by atoms with E-state index in [1.165, 1.54) is 24.3 Å². The molecule has 4 rings (SSSR count). The molecule has 1 saturated heterocycles. The lowest BCUT2D eigenvalue weighted by molar-refractivity contribution is -0.136. The molecule has 7 heteroatoms. The highest BCUT2D eigenvalue weighted by Crippen LogP contribution is 2.31. The second-order valence-corrected chi connectivity index (χ2v) is 9.07. The number of aryl methyl sites for hydroxylation is 2. The van der Waals surface area contributed by atoms with Crippen LogP contribution in [-0.2, 0) is 16.0 Å². The third kappa shape index (κ3) is 5.14. The lowest BCUT2D eigenvalue weighted by Crippen LogP contribution is -2.42. The zero-order valence-corrected chi connectivity index (χ0v) is 18.9. The molecule has 1 saturated carbocycles. The fourth-order valence-electron chi connectivity index (χ4n) is 4.92. The number of hydrogen-bond donors (Lipinski definition) is 1. The molecular formula is C25H31FN4O2. The molecule has 170 valence electrons. The quantitative estimate of drug-likeness (QED) is 0.755. The van der Waals surface area contributed by atoms with E-state index in [1.807, 2.05) is 18.7 Å². The van der Waals surface area contributed by atoms with Crippen molar-refractivity contribution in [3.05, 3.63) is 52.9 Å². The number of nitrogens with one attached hydrogen (secondary N) is 1. The van der Waals surface area contributed by atoms with Crippen LogP contribution >= 0.6 is 0 Å². The molecule has 1 aromatic heterocycles. The predicted octanol–water partition coefficient (Wildman–Crippen LogP) is 4.31. The van der Waals surface area contributed by atoms with E-state index in [0.717, 1.165) is 67.8 Å². The molecule has 6 nitrogen and oxygen atoms in total. The number of amides is 2. The molecule has 2 aliphatic rings. The SMILES string of the molecule is Cc1nc([C@H]2CCCN(C(=O)C3CCCC3)C2)nc(C)c1CC(=O)Nc1ccc(F)cc1. The van der Waals surface area contributed by atoms with Crippen LogP contribution in [0.15, 0.2) is 24.3 Å². The van der Waals surface area contributed by atoms with Crippen molar-refractivity contribution >= 4 is 17.5 Å². The van der Waals surface area contributed by atoms with Gasteiger partial charge in [-0.2, -0.15) is 0 Å². The summed E-state index contributed by atoms with van der Waals surface area (Å²) in [5.41, 5.74) is 2.95. The average Bonchev–Trinajstić information content (AvgIpc) is 3.32. The first-order valence-electron chi connectivity index (χ1n) is 11.6. The van der Waals surface area contributed by atoms with Crippen LogP contribution in [0.4, 0.5) is 10.1 Å². The fourth-order valence-corrected chi connectivity index (χ4v) is 4.92. The van der Waals surface area contributed by atoms with Gasteiger partial charge in [0.05, 0.1) is 6.42 Å². The standard InChI is InChI=1S/C25H31FN4O2/c1-16-22(14-23(31)29-21-11-9-20(26)10-12-21)17(2)28-24(27-16)19-8-5-13-30(15-19)25(32)18-6-3-4-7-18/h9-12,18-19H,3-8,13-15H2,1-2H3,(H,29,31)/t19-/m0/s1. The van der Waals surface area contributed by atoms with E-state index in [2.05, 4.69) is 5.32 Å². The van der Waals surface area contributed by atoms with Gasteiger partial charge in [0.1, 0.15) is 11.6 Å². The Kier molecular flexibility index (Phi) is 6.82. The Labute approximate surface area is 188 Å². The van der Waals surface area contributed by atoms with Gasteiger partial charge in [-0.25, -0.2) is 14.4 Å². The second-order valence-electron chi connectivity index (χ2n) is 9.07. The number of likely N-dealkylation sites (tertiary alicyclic amines) is 1. The fraction of sp³-hybridized carbons (Fsp3) is 0.520. The number of anilines is 1. The molecule has 1 N–H and O–H groups in total.